The molecule has 0 aliphatic rings. The van der Waals surface area contributed by atoms with Crippen molar-refractivity contribution in [1.29, 1.82) is 0 Å². The Morgan fingerprint density at radius 1 is 1.42 bits per heavy atom. The summed E-state index contributed by atoms with van der Waals surface area (Å²) in [6, 6.07) is 1.71. The van der Waals surface area contributed by atoms with E-state index in [2.05, 4.69) is 15.3 Å². The maximum absolute atomic E-state index is 11.5. The zero-order valence-electron chi connectivity index (χ0n) is 12.1. The number of hydrogen-bond acceptors (Lipinski definition) is 4. The first-order valence-electron chi connectivity index (χ1n) is 6.32. The van der Waals surface area contributed by atoms with E-state index < -0.39 is 0 Å². The van der Waals surface area contributed by atoms with E-state index in [1.165, 1.54) is 0 Å². The zero-order chi connectivity index (χ0) is 14.6. The van der Waals surface area contributed by atoms with Gasteiger partial charge >= 0.3 is 0 Å². The molecule has 0 saturated carbocycles. The van der Waals surface area contributed by atoms with E-state index >= 15 is 0 Å². The monoisotopic (exact) mass is 284 g/mol. The highest BCUT2D eigenvalue weighted by molar-refractivity contribution is 6.29. The highest BCUT2D eigenvalue weighted by atomic mass is 35.5. The highest BCUT2D eigenvalue weighted by Crippen LogP contribution is 2.19. The van der Waals surface area contributed by atoms with Crippen LogP contribution < -0.4 is 10.2 Å². The van der Waals surface area contributed by atoms with Gasteiger partial charge in [-0.1, -0.05) is 32.4 Å². The molecule has 6 heteroatoms. The summed E-state index contributed by atoms with van der Waals surface area (Å²) in [7, 11) is 3.53. The van der Waals surface area contributed by atoms with Crippen LogP contribution in [0, 0.1) is 5.92 Å². The number of carbonyl (C=O) groups is 1. The van der Waals surface area contributed by atoms with E-state index in [-0.39, 0.29) is 17.7 Å². The minimum atomic E-state index is -0.119. The molecule has 1 atom stereocenters. The van der Waals surface area contributed by atoms with Gasteiger partial charge in [-0.2, -0.15) is 0 Å². The fourth-order valence-electron chi connectivity index (χ4n) is 1.71. The van der Waals surface area contributed by atoms with E-state index in [1.807, 2.05) is 32.7 Å². The first kappa shape index (κ1) is 15.7. The van der Waals surface area contributed by atoms with Crippen LogP contribution in [0.3, 0.4) is 0 Å². The molecule has 0 aromatic carbocycles. The van der Waals surface area contributed by atoms with Gasteiger partial charge in [-0.05, 0) is 0 Å². The Morgan fingerprint density at radius 3 is 2.58 bits per heavy atom. The lowest BCUT2D eigenvalue weighted by Crippen LogP contribution is -2.34. The van der Waals surface area contributed by atoms with E-state index in [1.54, 1.807) is 13.1 Å². The van der Waals surface area contributed by atoms with Crippen molar-refractivity contribution in [2.24, 2.45) is 5.92 Å². The summed E-state index contributed by atoms with van der Waals surface area (Å²) in [6.07, 6.45) is 0. The number of nitrogens with zero attached hydrogens (tertiary/aromatic N) is 3. The van der Waals surface area contributed by atoms with Crippen molar-refractivity contribution in [3.05, 3.63) is 17.0 Å². The van der Waals surface area contributed by atoms with Gasteiger partial charge in [0.1, 0.15) is 16.8 Å². The summed E-state index contributed by atoms with van der Waals surface area (Å²) in [5.74, 6) is 1.55. The molecule has 1 aromatic heterocycles. The van der Waals surface area contributed by atoms with Gasteiger partial charge in [0.2, 0.25) is 5.91 Å². The van der Waals surface area contributed by atoms with E-state index in [9.17, 15) is 4.79 Å². The molecular formula is C13H21ClN4O. The van der Waals surface area contributed by atoms with Crippen molar-refractivity contribution in [2.45, 2.75) is 26.7 Å². The number of rotatable bonds is 5. The normalized spacial score (nSPS) is 12.4. The van der Waals surface area contributed by atoms with E-state index in [4.69, 9.17) is 11.6 Å². The summed E-state index contributed by atoms with van der Waals surface area (Å²) < 4.78 is 0. The predicted molar refractivity (Wildman–Crippen MR) is 77.6 cm³/mol. The Morgan fingerprint density at radius 2 is 2.05 bits per heavy atom. The minimum Gasteiger partial charge on any atom is -0.359 e. The number of carbonyl (C=O) groups excluding carboxylic acids is 1. The van der Waals surface area contributed by atoms with Crippen LogP contribution in [0.5, 0.6) is 0 Å². The third-order valence-electron chi connectivity index (χ3n) is 2.85. The molecule has 1 amide bonds. The number of nitrogens with one attached hydrogen (secondary N) is 1. The Hall–Kier alpha value is -1.36. The molecule has 0 fully saturated rings. The third kappa shape index (κ3) is 4.35. The first-order valence-corrected chi connectivity index (χ1v) is 6.70. The first-order chi connectivity index (χ1) is 8.85. The molecule has 0 radical (unpaired) electrons. The number of amides is 1. The highest BCUT2D eigenvalue weighted by Gasteiger charge is 2.16. The summed E-state index contributed by atoms with van der Waals surface area (Å²) in [4.78, 5) is 22.1. The quantitative estimate of drug-likeness (QED) is 0.841. The molecule has 0 aliphatic carbocycles. The largest absolute Gasteiger partial charge is 0.359 e. The molecule has 1 rings (SSSR count). The van der Waals surface area contributed by atoms with Crippen molar-refractivity contribution < 1.29 is 4.79 Å². The van der Waals surface area contributed by atoms with Gasteiger partial charge in [0.25, 0.3) is 0 Å². The Labute approximate surface area is 119 Å². The number of hydrogen-bond donors (Lipinski definition) is 1. The topological polar surface area (TPSA) is 58.1 Å². The SMILES string of the molecule is CNC(=O)C(C)CN(C)c1cc(Cl)nc(C(C)C)n1. The number of halogens is 1. The Balaban J connectivity index is 2.87. The van der Waals surface area contributed by atoms with Crippen LogP contribution in [-0.4, -0.2) is 36.5 Å². The molecule has 0 aliphatic heterocycles. The standard InChI is InChI=1S/C13H21ClN4O/c1-8(2)12-16-10(14)6-11(17-12)18(5)7-9(3)13(19)15-4/h6,8-9H,7H2,1-5H3,(H,15,19). The van der Waals surface area contributed by atoms with Gasteiger partial charge in [-0.3, -0.25) is 4.79 Å². The zero-order valence-corrected chi connectivity index (χ0v) is 12.8. The number of anilines is 1. The molecule has 0 spiro atoms. The second-order valence-electron chi connectivity index (χ2n) is 4.96. The van der Waals surface area contributed by atoms with E-state index in [0.717, 1.165) is 5.82 Å². The fraction of sp³-hybridized carbons (Fsp3) is 0.615. The lowest BCUT2D eigenvalue weighted by molar-refractivity contribution is -0.123. The molecule has 1 N–H and O–H groups in total. The smallest absolute Gasteiger partial charge is 0.224 e. The minimum absolute atomic E-state index is 0.0103. The van der Waals surface area contributed by atoms with Crippen LogP contribution >= 0.6 is 11.6 Å². The second kappa shape index (κ2) is 6.70. The molecule has 1 unspecified atom stereocenters. The molecule has 19 heavy (non-hydrogen) atoms. The summed E-state index contributed by atoms with van der Waals surface area (Å²) in [6.45, 7) is 6.48. The molecular weight excluding hydrogens is 264 g/mol. The molecule has 0 bridgehead atoms. The lowest BCUT2D eigenvalue weighted by Gasteiger charge is -2.22. The molecule has 5 nitrogen and oxygen atoms in total. The van der Waals surface area contributed by atoms with Crippen molar-refractivity contribution in [2.75, 3.05) is 25.5 Å². The molecule has 1 heterocycles. The van der Waals surface area contributed by atoms with Crippen molar-refractivity contribution >= 4 is 23.3 Å². The molecule has 0 saturated heterocycles. The van der Waals surface area contributed by atoms with Crippen molar-refractivity contribution in [3.8, 4) is 0 Å². The average Bonchev–Trinajstić information content (AvgIpc) is 2.36. The summed E-state index contributed by atoms with van der Waals surface area (Å²) in [5.41, 5.74) is 0. The average molecular weight is 285 g/mol. The number of aromatic nitrogens is 2. The molecule has 106 valence electrons. The van der Waals surface area contributed by atoms with E-state index in [0.29, 0.717) is 17.5 Å². The maximum atomic E-state index is 11.5. The van der Waals surface area contributed by atoms with Crippen LogP contribution in [0.25, 0.3) is 0 Å². The van der Waals surface area contributed by atoms with Gasteiger partial charge in [0.15, 0.2) is 0 Å². The van der Waals surface area contributed by atoms with Gasteiger partial charge in [-0.15, -0.1) is 0 Å². The lowest BCUT2D eigenvalue weighted by atomic mass is 10.1. The fourth-order valence-corrected chi connectivity index (χ4v) is 1.89. The Kier molecular flexibility index (Phi) is 5.54. The van der Waals surface area contributed by atoms with Crippen molar-refractivity contribution in [3.63, 3.8) is 0 Å². The van der Waals surface area contributed by atoms with Crippen LogP contribution in [0.1, 0.15) is 32.5 Å². The van der Waals surface area contributed by atoms with Crippen LogP contribution in [0.15, 0.2) is 6.07 Å². The predicted octanol–water partition coefficient (Wildman–Crippen LogP) is 2.07. The Bertz CT molecular complexity index is 450. The summed E-state index contributed by atoms with van der Waals surface area (Å²) in [5, 5.41) is 3.06. The van der Waals surface area contributed by atoms with Crippen molar-refractivity contribution in [1.82, 2.24) is 15.3 Å². The van der Waals surface area contributed by atoms with Crippen LogP contribution in [0.2, 0.25) is 5.15 Å². The second-order valence-corrected chi connectivity index (χ2v) is 5.34. The maximum Gasteiger partial charge on any atom is 0.224 e. The van der Waals surface area contributed by atoms with Gasteiger partial charge in [0.05, 0.1) is 5.92 Å². The summed E-state index contributed by atoms with van der Waals surface area (Å²) >= 11 is 6.01. The third-order valence-corrected chi connectivity index (χ3v) is 3.04. The van der Waals surface area contributed by atoms with Crippen LogP contribution in [-0.2, 0) is 4.79 Å². The van der Waals surface area contributed by atoms with Gasteiger partial charge in [-0.25, -0.2) is 9.97 Å². The van der Waals surface area contributed by atoms with Crippen LogP contribution in [0.4, 0.5) is 5.82 Å². The van der Waals surface area contributed by atoms with Gasteiger partial charge in [0, 0.05) is 32.6 Å². The van der Waals surface area contributed by atoms with Gasteiger partial charge < -0.3 is 10.2 Å². The molecule has 1 aromatic rings.